The number of aryl methyl sites for hydroxylation is 1. The number of aromatic amines is 2. The van der Waals surface area contributed by atoms with Crippen molar-refractivity contribution in [2.75, 3.05) is 0 Å². The van der Waals surface area contributed by atoms with Crippen LogP contribution in [0, 0.1) is 6.92 Å². The van der Waals surface area contributed by atoms with E-state index >= 15 is 0 Å². The number of hydrogen-bond donors (Lipinski definition) is 3. The lowest BCUT2D eigenvalue weighted by molar-refractivity contribution is 0.454. The molecule has 0 aliphatic heterocycles. The maximum Gasteiger partial charge on any atom is 0.262 e. The first-order valence-corrected chi connectivity index (χ1v) is 6.19. The average molecular weight is 267 g/mol. The zero-order valence-corrected chi connectivity index (χ0v) is 10.8. The molecule has 0 aliphatic rings. The number of H-pyrrole nitrogens is 2. The van der Waals surface area contributed by atoms with Gasteiger partial charge in [-0.3, -0.25) is 4.79 Å². The van der Waals surface area contributed by atoms with E-state index in [0.29, 0.717) is 17.1 Å². The summed E-state index contributed by atoms with van der Waals surface area (Å²) in [6, 6.07) is 10.9. The first kappa shape index (κ1) is 12.2. The van der Waals surface area contributed by atoms with Gasteiger partial charge in [0.05, 0.1) is 5.69 Å². The van der Waals surface area contributed by atoms with Crippen molar-refractivity contribution in [3.05, 3.63) is 58.5 Å². The molecule has 0 spiro atoms. The molecule has 3 rings (SSSR count). The second-order valence-corrected chi connectivity index (χ2v) is 4.57. The highest BCUT2D eigenvalue weighted by Crippen LogP contribution is 2.25. The lowest BCUT2D eigenvalue weighted by Gasteiger charge is -2.06. The van der Waals surface area contributed by atoms with Gasteiger partial charge in [-0.2, -0.15) is 4.98 Å². The van der Waals surface area contributed by atoms with Gasteiger partial charge >= 0.3 is 0 Å². The zero-order chi connectivity index (χ0) is 14.1. The molecule has 0 atom stereocenters. The molecule has 0 aliphatic carbocycles. The van der Waals surface area contributed by atoms with Gasteiger partial charge in [-0.15, -0.1) is 0 Å². The van der Waals surface area contributed by atoms with Crippen molar-refractivity contribution in [2.45, 2.75) is 6.92 Å². The largest absolute Gasteiger partial charge is 0.493 e. The summed E-state index contributed by atoms with van der Waals surface area (Å²) in [5, 5.41) is 10.1. The minimum absolute atomic E-state index is 0.184. The molecule has 0 fully saturated rings. The van der Waals surface area contributed by atoms with E-state index in [2.05, 4.69) is 15.0 Å². The fourth-order valence-electron chi connectivity index (χ4n) is 2.13. The molecule has 100 valence electrons. The molecule has 0 bridgehead atoms. The van der Waals surface area contributed by atoms with Crippen molar-refractivity contribution in [2.24, 2.45) is 0 Å². The Kier molecular flexibility index (Phi) is 2.87. The SMILES string of the molecule is Cc1cccc(-c2c(O)nc(-c3ccc[nH]3)[nH]c2=O)c1. The highest BCUT2D eigenvalue weighted by atomic mass is 16.3. The summed E-state index contributed by atoms with van der Waals surface area (Å²) in [6.45, 7) is 1.93. The molecule has 0 saturated heterocycles. The number of benzene rings is 1. The van der Waals surface area contributed by atoms with E-state index in [1.165, 1.54) is 0 Å². The van der Waals surface area contributed by atoms with Gasteiger partial charge in [0.1, 0.15) is 5.56 Å². The maximum absolute atomic E-state index is 12.2. The average Bonchev–Trinajstić information content (AvgIpc) is 2.91. The van der Waals surface area contributed by atoms with Crippen molar-refractivity contribution in [3.8, 4) is 28.5 Å². The van der Waals surface area contributed by atoms with Crippen LogP contribution in [-0.2, 0) is 0 Å². The molecular weight excluding hydrogens is 254 g/mol. The fourth-order valence-corrected chi connectivity index (χ4v) is 2.13. The number of rotatable bonds is 2. The molecule has 5 heteroatoms. The van der Waals surface area contributed by atoms with Crippen molar-refractivity contribution in [1.82, 2.24) is 15.0 Å². The van der Waals surface area contributed by atoms with Crippen LogP contribution in [0.3, 0.4) is 0 Å². The standard InChI is InChI=1S/C15H13N3O2/c1-9-4-2-5-10(8-9)12-14(19)17-13(18-15(12)20)11-6-3-7-16-11/h2-8,16H,1H3,(H2,17,18,19,20). The molecule has 5 nitrogen and oxygen atoms in total. The van der Waals surface area contributed by atoms with Gasteiger partial charge in [0, 0.05) is 6.20 Å². The molecule has 0 amide bonds. The third kappa shape index (κ3) is 2.09. The Morgan fingerprint density at radius 1 is 1.20 bits per heavy atom. The van der Waals surface area contributed by atoms with Crippen molar-refractivity contribution >= 4 is 0 Å². The predicted molar refractivity (Wildman–Crippen MR) is 76.5 cm³/mol. The topological polar surface area (TPSA) is 81.8 Å². The number of aromatic hydroxyl groups is 1. The van der Waals surface area contributed by atoms with E-state index in [1.54, 1.807) is 24.4 Å². The van der Waals surface area contributed by atoms with Crippen LogP contribution in [0.2, 0.25) is 0 Å². The molecule has 2 heterocycles. The lowest BCUT2D eigenvalue weighted by atomic mass is 10.1. The van der Waals surface area contributed by atoms with Gasteiger partial charge in [-0.25, -0.2) is 0 Å². The van der Waals surface area contributed by atoms with Gasteiger partial charge in [-0.05, 0) is 24.6 Å². The van der Waals surface area contributed by atoms with Gasteiger partial charge in [-0.1, -0.05) is 29.8 Å². The fraction of sp³-hybridized carbons (Fsp3) is 0.0667. The maximum atomic E-state index is 12.2. The molecule has 20 heavy (non-hydrogen) atoms. The summed E-state index contributed by atoms with van der Waals surface area (Å²) in [7, 11) is 0. The van der Waals surface area contributed by atoms with Crippen LogP contribution < -0.4 is 5.56 Å². The molecular formula is C15H13N3O2. The van der Waals surface area contributed by atoms with Gasteiger partial charge in [0.15, 0.2) is 5.82 Å². The molecule has 1 aromatic carbocycles. The number of nitrogens with one attached hydrogen (secondary N) is 2. The van der Waals surface area contributed by atoms with Crippen molar-refractivity contribution in [1.29, 1.82) is 0 Å². The van der Waals surface area contributed by atoms with E-state index in [4.69, 9.17) is 0 Å². The second-order valence-electron chi connectivity index (χ2n) is 4.57. The van der Waals surface area contributed by atoms with Crippen molar-refractivity contribution in [3.63, 3.8) is 0 Å². The predicted octanol–water partition coefficient (Wildman–Crippen LogP) is 2.45. The Morgan fingerprint density at radius 3 is 2.70 bits per heavy atom. The minimum Gasteiger partial charge on any atom is -0.493 e. The Balaban J connectivity index is 2.17. The summed E-state index contributed by atoms with van der Waals surface area (Å²) in [6.07, 6.45) is 1.72. The Hall–Kier alpha value is -2.82. The van der Waals surface area contributed by atoms with Gasteiger partial charge in [0.25, 0.3) is 5.56 Å². The zero-order valence-electron chi connectivity index (χ0n) is 10.8. The molecule has 0 unspecified atom stereocenters. The quantitative estimate of drug-likeness (QED) is 0.667. The first-order valence-electron chi connectivity index (χ1n) is 6.19. The molecule has 3 N–H and O–H groups in total. The number of nitrogens with zero attached hydrogens (tertiary/aromatic N) is 1. The summed E-state index contributed by atoms with van der Waals surface area (Å²) in [4.78, 5) is 21.9. The summed E-state index contributed by atoms with van der Waals surface area (Å²) >= 11 is 0. The summed E-state index contributed by atoms with van der Waals surface area (Å²) in [5.41, 5.74) is 2.12. The van der Waals surface area contributed by atoms with E-state index < -0.39 is 0 Å². The van der Waals surface area contributed by atoms with Crippen LogP contribution in [0.25, 0.3) is 22.6 Å². The molecule has 2 aromatic heterocycles. The van der Waals surface area contributed by atoms with Gasteiger partial charge in [0.2, 0.25) is 5.88 Å². The van der Waals surface area contributed by atoms with Crippen LogP contribution in [0.4, 0.5) is 0 Å². The Bertz CT molecular complexity index is 804. The third-order valence-electron chi connectivity index (χ3n) is 3.06. The van der Waals surface area contributed by atoms with Crippen LogP contribution in [0.15, 0.2) is 47.4 Å². The van der Waals surface area contributed by atoms with Crippen LogP contribution in [-0.4, -0.2) is 20.1 Å². The molecule has 0 saturated carbocycles. The van der Waals surface area contributed by atoms with E-state index in [9.17, 15) is 9.90 Å². The highest BCUT2D eigenvalue weighted by molar-refractivity contribution is 5.69. The number of aromatic nitrogens is 3. The highest BCUT2D eigenvalue weighted by Gasteiger charge is 2.14. The Morgan fingerprint density at radius 2 is 2.05 bits per heavy atom. The smallest absolute Gasteiger partial charge is 0.262 e. The monoisotopic (exact) mass is 267 g/mol. The summed E-state index contributed by atoms with van der Waals surface area (Å²) < 4.78 is 0. The number of hydrogen-bond acceptors (Lipinski definition) is 3. The Labute approximate surface area is 115 Å². The summed E-state index contributed by atoms with van der Waals surface area (Å²) in [5.74, 6) is 0.0397. The normalized spacial score (nSPS) is 10.7. The third-order valence-corrected chi connectivity index (χ3v) is 3.06. The lowest BCUT2D eigenvalue weighted by Crippen LogP contribution is -2.12. The van der Waals surface area contributed by atoms with Crippen LogP contribution in [0.1, 0.15) is 5.56 Å². The molecule has 0 radical (unpaired) electrons. The molecule has 3 aromatic rings. The first-order chi connectivity index (χ1) is 9.65. The van der Waals surface area contributed by atoms with Gasteiger partial charge < -0.3 is 15.1 Å². The second kappa shape index (κ2) is 4.70. The minimum atomic E-state index is -0.368. The van der Waals surface area contributed by atoms with E-state index in [-0.39, 0.29) is 17.0 Å². The van der Waals surface area contributed by atoms with Crippen LogP contribution >= 0.6 is 0 Å². The van der Waals surface area contributed by atoms with E-state index in [0.717, 1.165) is 5.56 Å². The van der Waals surface area contributed by atoms with E-state index in [1.807, 2.05) is 25.1 Å². The van der Waals surface area contributed by atoms with Crippen molar-refractivity contribution < 1.29 is 5.11 Å². The van der Waals surface area contributed by atoms with Crippen LogP contribution in [0.5, 0.6) is 5.88 Å².